The molecule has 0 radical (unpaired) electrons. The molecule has 0 atom stereocenters. The molecule has 0 saturated heterocycles. The van der Waals surface area contributed by atoms with Crippen LogP contribution in [0.4, 0.5) is 15.8 Å². The zero-order chi connectivity index (χ0) is 17.3. The maximum absolute atomic E-state index is 13.8. The van der Waals surface area contributed by atoms with Crippen LogP contribution in [0, 0.1) is 12.7 Å². The van der Waals surface area contributed by atoms with Crippen LogP contribution in [0.5, 0.6) is 0 Å². The van der Waals surface area contributed by atoms with E-state index in [1.165, 1.54) is 12.1 Å². The lowest BCUT2D eigenvalue weighted by atomic mass is 10.1. The topological polar surface area (TPSA) is 54.3 Å². The third-order valence-electron chi connectivity index (χ3n) is 3.39. The van der Waals surface area contributed by atoms with Crippen molar-refractivity contribution in [3.05, 3.63) is 68.7 Å². The number of hydrogen-bond acceptors (Lipinski definition) is 3. The number of halogens is 2. The standard InChI is InChI=1S/C17H12BrFN2O2S/c1-9-6-16(22)23-15-8-11(3-4-12(9)15)20-17(24)21-14-5-2-10(18)7-13(14)19/h2-8H,1H3,(H2,20,21,24). The SMILES string of the molecule is Cc1cc(=O)oc2cc(NC(=S)Nc3ccc(Br)cc3F)ccc12. The lowest BCUT2D eigenvalue weighted by Crippen LogP contribution is -2.19. The van der Waals surface area contributed by atoms with Gasteiger partial charge in [0.05, 0.1) is 5.69 Å². The molecule has 24 heavy (non-hydrogen) atoms. The van der Waals surface area contributed by atoms with E-state index < -0.39 is 11.4 Å². The highest BCUT2D eigenvalue weighted by molar-refractivity contribution is 9.10. The smallest absolute Gasteiger partial charge is 0.336 e. The van der Waals surface area contributed by atoms with Crippen LogP contribution in [0.15, 0.2) is 56.1 Å². The van der Waals surface area contributed by atoms with Gasteiger partial charge in [-0.25, -0.2) is 9.18 Å². The van der Waals surface area contributed by atoms with Gasteiger partial charge in [-0.2, -0.15) is 0 Å². The van der Waals surface area contributed by atoms with Crippen molar-refractivity contribution in [1.29, 1.82) is 0 Å². The van der Waals surface area contributed by atoms with E-state index in [1.54, 1.807) is 24.3 Å². The highest BCUT2D eigenvalue weighted by atomic mass is 79.9. The molecule has 0 saturated carbocycles. The van der Waals surface area contributed by atoms with Crippen LogP contribution in [0.2, 0.25) is 0 Å². The summed E-state index contributed by atoms with van der Waals surface area (Å²) >= 11 is 8.39. The second-order valence-corrected chi connectivity index (χ2v) is 6.49. The van der Waals surface area contributed by atoms with Crippen LogP contribution < -0.4 is 16.3 Å². The molecule has 0 bridgehead atoms. The summed E-state index contributed by atoms with van der Waals surface area (Å²) in [6, 6.07) is 11.4. The van der Waals surface area contributed by atoms with Crippen LogP contribution >= 0.6 is 28.1 Å². The quantitative estimate of drug-likeness (QED) is 0.472. The van der Waals surface area contributed by atoms with E-state index in [9.17, 15) is 9.18 Å². The molecule has 122 valence electrons. The van der Waals surface area contributed by atoms with Gasteiger partial charge in [-0.15, -0.1) is 0 Å². The number of anilines is 2. The first kappa shape index (κ1) is 16.6. The number of aryl methyl sites for hydroxylation is 1. The molecule has 1 heterocycles. The third kappa shape index (κ3) is 3.63. The minimum atomic E-state index is -0.423. The average molecular weight is 407 g/mol. The second kappa shape index (κ2) is 6.70. The number of fused-ring (bicyclic) bond motifs is 1. The Morgan fingerprint density at radius 2 is 1.96 bits per heavy atom. The van der Waals surface area contributed by atoms with Gasteiger partial charge in [0.2, 0.25) is 0 Å². The first-order chi connectivity index (χ1) is 11.4. The van der Waals surface area contributed by atoms with Crippen LogP contribution in [-0.4, -0.2) is 5.11 Å². The molecular formula is C17H12BrFN2O2S. The number of benzene rings is 2. The fraction of sp³-hybridized carbons (Fsp3) is 0.0588. The molecule has 7 heteroatoms. The van der Waals surface area contributed by atoms with Crippen molar-refractivity contribution in [3.63, 3.8) is 0 Å². The van der Waals surface area contributed by atoms with Crippen molar-refractivity contribution in [1.82, 2.24) is 0 Å². The molecule has 2 aromatic carbocycles. The fourth-order valence-electron chi connectivity index (χ4n) is 2.28. The lowest BCUT2D eigenvalue weighted by molar-refractivity contribution is 0.560. The van der Waals surface area contributed by atoms with Gasteiger partial charge in [-0.3, -0.25) is 0 Å². The normalized spacial score (nSPS) is 10.6. The summed E-state index contributed by atoms with van der Waals surface area (Å²) < 4.78 is 19.7. The molecule has 4 nitrogen and oxygen atoms in total. The summed E-state index contributed by atoms with van der Waals surface area (Å²) in [5.74, 6) is -0.423. The number of hydrogen-bond donors (Lipinski definition) is 2. The molecule has 1 aromatic heterocycles. The largest absolute Gasteiger partial charge is 0.423 e. The zero-order valence-electron chi connectivity index (χ0n) is 12.5. The Hall–Kier alpha value is -2.25. The van der Waals surface area contributed by atoms with E-state index >= 15 is 0 Å². The Labute approximate surface area is 150 Å². The van der Waals surface area contributed by atoms with Gasteiger partial charge in [-0.1, -0.05) is 15.9 Å². The monoisotopic (exact) mass is 406 g/mol. The van der Waals surface area contributed by atoms with Crippen molar-refractivity contribution in [2.45, 2.75) is 6.92 Å². The minimum absolute atomic E-state index is 0.227. The van der Waals surface area contributed by atoms with Crippen molar-refractivity contribution in [2.24, 2.45) is 0 Å². The number of rotatable bonds is 2. The molecule has 0 aliphatic heterocycles. The fourth-order valence-corrected chi connectivity index (χ4v) is 2.84. The predicted molar refractivity (Wildman–Crippen MR) is 101 cm³/mol. The zero-order valence-corrected chi connectivity index (χ0v) is 14.9. The van der Waals surface area contributed by atoms with E-state index in [2.05, 4.69) is 26.6 Å². The Balaban J connectivity index is 1.81. The molecule has 0 spiro atoms. The van der Waals surface area contributed by atoms with E-state index in [0.29, 0.717) is 15.7 Å². The summed E-state index contributed by atoms with van der Waals surface area (Å²) in [4.78, 5) is 11.5. The van der Waals surface area contributed by atoms with Crippen molar-refractivity contribution in [2.75, 3.05) is 10.6 Å². The summed E-state index contributed by atoms with van der Waals surface area (Å²) in [5.41, 5.74) is 1.79. The van der Waals surface area contributed by atoms with Gasteiger partial charge in [0.1, 0.15) is 11.4 Å². The van der Waals surface area contributed by atoms with Gasteiger partial charge in [0, 0.05) is 27.7 Å². The lowest BCUT2D eigenvalue weighted by Gasteiger charge is -2.12. The first-order valence-electron chi connectivity index (χ1n) is 7.00. The molecule has 3 rings (SSSR count). The minimum Gasteiger partial charge on any atom is -0.423 e. The highest BCUT2D eigenvalue weighted by Crippen LogP contribution is 2.22. The number of nitrogens with one attached hydrogen (secondary N) is 2. The van der Waals surface area contributed by atoms with E-state index in [-0.39, 0.29) is 10.8 Å². The highest BCUT2D eigenvalue weighted by Gasteiger charge is 2.07. The molecule has 0 aliphatic carbocycles. The number of thiocarbonyl (C=S) groups is 1. The Morgan fingerprint density at radius 1 is 1.17 bits per heavy atom. The molecule has 0 fully saturated rings. The van der Waals surface area contributed by atoms with Crippen LogP contribution in [0.3, 0.4) is 0 Å². The van der Waals surface area contributed by atoms with Crippen molar-refractivity contribution in [3.8, 4) is 0 Å². The van der Waals surface area contributed by atoms with Crippen LogP contribution in [0.1, 0.15) is 5.56 Å². The summed E-state index contributed by atoms with van der Waals surface area (Å²) in [6.07, 6.45) is 0. The molecule has 0 amide bonds. The van der Waals surface area contributed by atoms with Gasteiger partial charge in [0.25, 0.3) is 0 Å². The van der Waals surface area contributed by atoms with Crippen molar-refractivity contribution >= 4 is 55.6 Å². The molecule has 0 unspecified atom stereocenters. The van der Waals surface area contributed by atoms with Gasteiger partial charge in [-0.05, 0) is 55.0 Å². The molecular weight excluding hydrogens is 395 g/mol. The molecule has 0 aliphatic rings. The Bertz CT molecular complexity index is 1000. The first-order valence-corrected chi connectivity index (χ1v) is 8.20. The summed E-state index contributed by atoms with van der Waals surface area (Å²) in [6.45, 7) is 1.84. The van der Waals surface area contributed by atoms with E-state index in [0.717, 1.165) is 10.9 Å². The van der Waals surface area contributed by atoms with Crippen LogP contribution in [-0.2, 0) is 0 Å². The average Bonchev–Trinajstić information content (AvgIpc) is 2.49. The van der Waals surface area contributed by atoms with E-state index in [4.69, 9.17) is 16.6 Å². The van der Waals surface area contributed by atoms with Gasteiger partial charge < -0.3 is 15.1 Å². The third-order valence-corrected chi connectivity index (χ3v) is 4.09. The maximum atomic E-state index is 13.8. The maximum Gasteiger partial charge on any atom is 0.336 e. The second-order valence-electron chi connectivity index (χ2n) is 5.16. The van der Waals surface area contributed by atoms with Gasteiger partial charge in [0.15, 0.2) is 5.11 Å². The molecule has 3 aromatic rings. The predicted octanol–water partition coefficient (Wildman–Crippen LogP) is 4.81. The molecule has 2 N–H and O–H groups in total. The Kier molecular flexibility index (Phi) is 4.64. The van der Waals surface area contributed by atoms with E-state index in [1.807, 2.05) is 13.0 Å². The van der Waals surface area contributed by atoms with Gasteiger partial charge >= 0.3 is 5.63 Å². The summed E-state index contributed by atoms with van der Waals surface area (Å²) in [7, 11) is 0. The summed E-state index contributed by atoms with van der Waals surface area (Å²) in [5, 5.41) is 6.80. The van der Waals surface area contributed by atoms with Crippen molar-refractivity contribution < 1.29 is 8.81 Å². The van der Waals surface area contributed by atoms with Crippen LogP contribution in [0.25, 0.3) is 11.0 Å². The Morgan fingerprint density at radius 3 is 2.71 bits per heavy atom.